The lowest BCUT2D eigenvalue weighted by molar-refractivity contribution is 0.102. The average molecular weight is 133 g/mol. The Kier molecular flexibility index (Phi) is 3.74. The van der Waals surface area contributed by atoms with Crippen molar-refractivity contribution in [2.45, 2.75) is 6.10 Å². The van der Waals surface area contributed by atoms with E-state index in [0.29, 0.717) is 0 Å². The van der Waals surface area contributed by atoms with E-state index < -0.39 is 6.10 Å². The van der Waals surface area contributed by atoms with Gasteiger partial charge >= 0.3 is 0 Å². The molecular formula is C4H11N3O2. The molecule has 1 atom stereocenters. The van der Waals surface area contributed by atoms with Crippen molar-refractivity contribution in [3.05, 3.63) is 0 Å². The average Bonchev–Trinajstić information content (AvgIpc) is 1.83. The van der Waals surface area contributed by atoms with Crippen LogP contribution in [0, 0.1) is 0 Å². The Balaban J connectivity index is 3.37. The summed E-state index contributed by atoms with van der Waals surface area (Å²) in [6, 6.07) is 0. The number of aliphatic imine (C=N–C) groups is 1. The second-order valence-corrected chi connectivity index (χ2v) is 1.60. The van der Waals surface area contributed by atoms with E-state index in [4.69, 9.17) is 21.7 Å². The van der Waals surface area contributed by atoms with Crippen molar-refractivity contribution >= 4 is 5.96 Å². The molecule has 5 heteroatoms. The Labute approximate surface area is 53.0 Å². The Hall–Kier alpha value is -0.810. The van der Waals surface area contributed by atoms with Crippen LogP contribution in [0.15, 0.2) is 4.99 Å². The molecule has 0 aromatic heterocycles. The lowest BCUT2D eigenvalue weighted by Crippen LogP contribution is -2.26. The summed E-state index contributed by atoms with van der Waals surface area (Å²) < 4.78 is 0. The molecule has 6 N–H and O–H groups in total. The Morgan fingerprint density at radius 3 is 2.44 bits per heavy atom. The summed E-state index contributed by atoms with van der Waals surface area (Å²) in [5, 5.41) is 16.9. The van der Waals surface area contributed by atoms with Crippen molar-refractivity contribution in [3.63, 3.8) is 0 Å². The van der Waals surface area contributed by atoms with Crippen molar-refractivity contribution in [1.82, 2.24) is 0 Å². The number of guanidine groups is 1. The molecule has 0 aromatic carbocycles. The third-order valence-electron chi connectivity index (χ3n) is 0.695. The molecule has 1 unspecified atom stereocenters. The summed E-state index contributed by atoms with van der Waals surface area (Å²) in [5.74, 6) is -0.0810. The van der Waals surface area contributed by atoms with E-state index in [0.717, 1.165) is 0 Å². The van der Waals surface area contributed by atoms with Gasteiger partial charge in [0.1, 0.15) is 0 Å². The van der Waals surface area contributed by atoms with Crippen LogP contribution < -0.4 is 11.5 Å². The Morgan fingerprint density at radius 1 is 1.56 bits per heavy atom. The maximum Gasteiger partial charge on any atom is 0.185 e. The first-order valence-electron chi connectivity index (χ1n) is 2.51. The molecule has 0 saturated heterocycles. The fourth-order valence-electron chi connectivity index (χ4n) is 0.269. The Morgan fingerprint density at radius 2 is 2.11 bits per heavy atom. The summed E-state index contributed by atoms with van der Waals surface area (Å²) in [7, 11) is 0. The molecule has 0 rings (SSSR count). The second-order valence-electron chi connectivity index (χ2n) is 1.60. The summed E-state index contributed by atoms with van der Waals surface area (Å²) in [6.07, 6.45) is -0.855. The van der Waals surface area contributed by atoms with E-state index in [1.165, 1.54) is 0 Å². The monoisotopic (exact) mass is 133 g/mol. The summed E-state index contributed by atoms with van der Waals surface area (Å²) in [4.78, 5) is 3.46. The fourth-order valence-corrected chi connectivity index (χ4v) is 0.269. The number of hydrogen-bond donors (Lipinski definition) is 4. The SMILES string of the molecule is NC(N)=NCC(O)CO. The highest BCUT2D eigenvalue weighted by atomic mass is 16.3. The van der Waals surface area contributed by atoms with Gasteiger partial charge in [-0.1, -0.05) is 0 Å². The number of rotatable bonds is 3. The quantitative estimate of drug-likeness (QED) is 0.255. The zero-order valence-electron chi connectivity index (χ0n) is 4.99. The van der Waals surface area contributed by atoms with E-state index in [1.54, 1.807) is 0 Å². The van der Waals surface area contributed by atoms with Gasteiger partial charge in [-0.2, -0.15) is 0 Å². The van der Waals surface area contributed by atoms with Crippen molar-refractivity contribution < 1.29 is 10.2 Å². The lowest BCUT2D eigenvalue weighted by atomic mass is 10.4. The lowest BCUT2D eigenvalue weighted by Gasteiger charge is -2.00. The molecule has 0 aromatic rings. The third-order valence-corrected chi connectivity index (χ3v) is 0.695. The van der Waals surface area contributed by atoms with Crippen LogP contribution in [-0.2, 0) is 0 Å². The molecule has 0 bridgehead atoms. The second kappa shape index (κ2) is 4.11. The number of aliphatic hydroxyl groups excluding tert-OH is 2. The summed E-state index contributed by atoms with van der Waals surface area (Å²) in [5.41, 5.74) is 9.86. The predicted molar refractivity (Wildman–Crippen MR) is 33.8 cm³/mol. The largest absolute Gasteiger partial charge is 0.394 e. The normalized spacial score (nSPS) is 12.7. The summed E-state index contributed by atoms with van der Waals surface area (Å²) in [6.45, 7) is -0.268. The minimum atomic E-state index is -0.855. The van der Waals surface area contributed by atoms with E-state index in [9.17, 15) is 0 Å². The molecule has 54 valence electrons. The van der Waals surface area contributed by atoms with Gasteiger partial charge in [0.25, 0.3) is 0 Å². The van der Waals surface area contributed by atoms with Crippen molar-refractivity contribution in [3.8, 4) is 0 Å². The standard InChI is InChI=1S/C4H11N3O2/c5-4(6)7-1-3(9)2-8/h3,8-9H,1-2H2,(H4,5,6,7). The van der Waals surface area contributed by atoms with Gasteiger partial charge in [0.05, 0.1) is 19.3 Å². The highest BCUT2D eigenvalue weighted by molar-refractivity contribution is 5.75. The number of hydrogen-bond acceptors (Lipinski definition) is 3. The van der Waals surface area contributed by atoms with E-state index >= 15 is 0 Å². The van der Waals surface area contributed by atoms with Gasteiger partial charge in [-0.3, -0.25) is 4.99 Å². The smallest absolute Gasteiger partial charge is 0.185 e. The molecule has 0 fully saturated rings. The maximum absolute atomic E-state index is 8.64. The molecule has 0 amide bonds. The molecule has 0 aliphatic rings. The third kappa shape index (κ3) is 5.05. The van der Waals surface area contributed by atoms with Crippen molar-refractivity contribution in [1.29, 1.82) is 0 Å². The first kappa shape index (κ1) is 8.19. The topological polar surface area (TPSA) is 105 Å². The molecular weight excluding hydrogens is 122 g/mol. The van der Waals surface area contributed by atoms with Gasteiger partial charge < -0.3 is 21.7 Å². The molecule has 5 nitrogen and oxygen atoms in total. The minimum Gasteiger partial charge on any atom is -0.394 e. The molecule has 0 aliphatic carbocycles. The highest BCUT2D eigenvalue weighted by Crippen LogP contribution is 1.79. The first-order chi connectivity index (χ1) is 4.16. The predicted octanol–water partition coefficient (Wildman–Crippen LogP) is -2.39. The fraction of sp³-hybridized carbons (Fsp3) is 0.750. The minimum absolute atomic E-state index is 0.0544. The van der Waals surface area contributed by atoms with Crippen molar-refractivity contribution in [2.75, 3.05) is 13.2 Å². The van der Waals surface area contributed by atoms with Crippen LogP contribution in [0.25, 0.3) is 0 Å². The molecule has 0 spiro atoms. The van der Waals surface area contributed by atoms with Gasteiger partial charge in [-0.25, -0.2) is 0 Å². The summed E-state index contributed by atoms with van der Waals surface area (Å²) >= 11 is 0. The number of nitrogens with two attached hydrogens (primary N) is 2. The van der Waals surface area contributed by atoms with Crippen LogP contribution in [0.5, 0.6) is 0 Å². The zero-order chi connectivity index (χ0) is 7.28. The number of nitrogens with zero attached hydrogens (tertiary/aromatic N) is 1. The molecule has 0 aliphatic heterocycles. The van der Waals surface area contributed by atoms with Gasteiger partial charge in [0.2, 0.25) is 0 Å². The molecule has 9 heavy (non-hydrogen) atoms. The highest BCUT2D eigenvalue weighted by Gasteiger charge is 1.97. The van der Waals surface area contributed by atoms with Gasteiger partial charge in [0, 0.05) is 0 Å². The van der Waals surface area contributed by atoms with Gasteiger partial charge in [-0.05, 0) is 0 Å². The van der Waals surface area contributed by atoms with Crippen LogP contribution in [0.2, 0.25) is 0 Å². The van der Waals surface area contributed by atoms with Crippen LogP contribution in [-0.4, -0.2) is 35.4 Å². The van der Waals surface area contributed by atoms with E-state index in [-0.39, 0.29) is 19.1 Å². The van der Waals surface area contributed by atoms with Crippen LogP contribution >= 0.6 is 0 Å². The first-order valence-corrected chi connectivity index (χ1v) is 2.51. The van der Waals surface area contributed by atoms with Gasteiger partial charge in [-0.15, -0.1) is 0 Å². The number of aliphatic hydroxyl groups is 2. The zero-order valence-corrected chi connectivity index (χ0v) is 4.99. The molecule has 0 radical (unpaired) electrons. The van der Waals surface area contributed by atoms with Crippen molar-refractivity contribution in [2.24, 2.45) is 16.5 Å². The molecule has 0 saturated carbocycles. The molecule has 0 heterocycles. The Bertz CT molecular complexity index is 100.0. The van der Waals surface area contributed by atoms with E-state index in [2.05, 4.69) is 4.99 Å². The van der Waals surface area contributed by atoms with Gasteiger partial charge in [0.15, 0.2) is 5.96 Å². The maximum atomic E-state index is 8.64. The van der Waals surface area contributed by atoms with Crippen LogP contribution in [0.1, 0.15) is 0 Å². The van der Waals surface area contributed by atoms with Crippen LogP contribution in [0.4, 0.5) is 0 Å². The van der Waals surface area contributed by atoms with Crippen LogP contribution in [0.3, 0.4) is 0 Å². The van der Waals surface area contributed by atoms with E-state index in [1.807, 2.05) is 0 Å².